The van der Waals surface area contributed by atoms with Crippen LogP contribution in [-0.2, 0) is 11.8 Å². The maximum absolute atomic E-state index is 12.1. The molecule has 0 radical (unpaired) electrons. The van der Waals surface area contributed by atoms with Crippen molar-refractivity contribution in [2.45, 2.75) is 19.9 Å². The van der Waals surface area contributed by atoms with Crippen molar-refractivity contribution in [2.24, 2.45) is 13.0 Å². The minimum absolute atomic E-state index is 0.286. The average molecular weight is 317 g/mol. The summed E-state index contributed by atoms with van der Waals surface area (Å²) in [5, 5.41) is 2.88. The number of imidazole rings is 1. The lowest BCUT2D eigenvalue weighted by Gasteiger charge is -2.19. The van der Waals surface area contributed by atoms with Crippen LogP contribution in [0.5, 0.6) is 5.75 Å². The van der Waals surface area contributed by atoms with E-state index in [0.29, 0.717) is 6.61 Å². The molecule has 1 atom stereocenters. The quantitative estimate of drug-likeness (QED) is 0.889. The minimum atomic E-state index is -0.456. The zero-order valence-electron chi connectivity index (χ0n) is 13.9. The first-order chi connectivity index (χ1) is 11.0. The molecule has 1 aromatic carbocycles. The fourth-order valence-electron chi connectivity index (χ4n) is 2.15. The number of ether oxygens (including phenoxy) is 2. The SMILES string of the molecule is COc1ccc(C(NC(=O)OCC(C)C)c2nccn2C)cc1. The van der Waals surface area contributed by atoms with Gasteiger partial charge in [-0.1, -0.05) is 26.0 Å². The van der Waals surface area contributed by atoms with Crippen LogP contribution in [0, 0.1) is 5.92 Å². The Morgan fingerprint density at radius 3 is 2.52 bits per heavy atom. The van der Waals surface area contributed by atoms with Gasteiger partial charge in [0.05, 0.1) is 13.7 Å². The number of nitrogens with zero attached hydrogens (tertiary/aromatic N) is 2. The number of benzene rings is 1. The molecule has 0 aliphatic carbocycles. The summed E-state index contributed by atoms with van der Waals surface area (Å²) in [4.78, 5) is 16.4. The van der Waals surface area contributed by atoms with Crippen LogP contribution in [-0.4, -0.2) is 29.4 Å². The van der Waals surface area contributed by atoms with Crippen molar-refractivity contribution in [1.29, 1.82) is 0 Å². The maximum Gasteiger partial charge on any atom is 0.408 e. The largest absolute Gasteiger partial charge is 0.497 e. The van der Waals surface area contributed by atoms with Gasteiger partial charge in [0.2, 0.25) is 0 Å². The van der Waals surface area contributed by atoms with Crippen LogP contribution in [0.15, 0.2) is 36.7 Å². The van der Waals surface area contributed by atoms with Crippen molar-refractivity contribution >= 4 is 6.09 Å². The molecule has 0 aliphatic heterocycles. The van der Waals surface area contributed by atoms with E-state index >= 15 is 0 Å². The second kappa shape index (κ2) is 7.67. The fraction of sp³-hybridized carbons (Fsp3) is 0.412. The highest BCUT2D eigenvalue weighted by atomic mass is 16.5. The number of carbonyl (C=O) groups is 1. The molecule has 2 aromatic rings. The molecule has 0 saturated carbocycles. The Kier molecular flexibility index (Phi) is 5.62. The minimum Gasteiger partial charge on any atom is -0.497 e. The van der Waals surface area contributed by atoms with Gasteiger partial charge in [-0.2, -0.15) is 0 Å². The van der Waals surface area contributed by atoms with Gasteiger partial charge in [-0.15, -0.1) is 0 Å². The van der Waals surface area contributed by atoms with Gasteiger partial charge in [-0.3, -0.25) is 0 Å². The number of nitrogens with one attached hydrogen (secondary N) is 1. The molecule has 0 fully saturated rings. The van der Waals surface area contributed by atoms with Crippen molar-refractivity contribution in [3.8, 4) is 5.75 Å². The number of hydrogen-bond acceptors (Lipinski definition) is 4. The molecule has 1 heterocycles. The summed E-state index contributed by atoms with van der Waals surface area (Å²) in [6, 6.07) is 7.13. The molecule has 124 valence electrons. The van der Waals surface area contributed by atoms with Gasteiger partial charge in [0, 0.05) is 19.4 Å². The summed E-state index contributed by atoms with van der Waals surface area (Å²) < 4.78 is 12.3. The highest BCUT2D eigenvalue weighted by Gasteiger charge is 2.21. The smallest absolute Gasteiger partial charge is 0.408 e. The zero-order valence-corrected chi connectivity index (χ0v) is 13.9. The number of aryl methyl sites for hydroxylation is 1. The van der Waals surface area contributed by atoms with Gasteiger partial charge in [0.25, 0.3) is 0 Å². The molecule has 1 N–H and O–H groups in total. The lowest BCUT2D eigenvalue weighted by atomic mass is 10.1. The number of hydrogen-bond donors (Lipinski definition) is 1. The number of alkyl carbamates (subject to hydrolysis) is 1. The molecule has 1 aromatic heterocycles. The first kappa shape index (κ1) is 16.9. The summed E-state index contributed by atoms with van der Waals surface area (Å²) >= 11 is 0. The summed E-state index contributed by atoms with van der Waals surface area (Å²) in [7, 11) is 3.51. The van der Waals surface area contributed by atoms with Gasteiger partial charge in [-0.05, 0) is 23.6 Å². The number of methoxy groups -OCH3 is 1. The fourth-order valence-corrected chi connectivity index (χ4v) is 2.15. The predicted molar refractivity (Wildman–Crippen MR) is 87.4 cm³/mol. The van der Waals surface area contributed by atoms with Crippen LogP contribution in [0.1, 0.15) is 31.3 Å². The third-order valence-electron chi connectivity index (χ3n) is 3.38. The van der Waals surface area contributed by atoms with Gasteiger partial charge in [-0.25, -0.2) is 9.78 Å². The second-order valence-electron chi connectivity index (χ2n) is 5.74. The molecule has 6 heteroatoms. The molecule has 1 unspecified atom stereocenters. The number of carbonyl (C=O) groups excluding carboxylic acids is 1. The van der Waals surface area contributed by atoms with Gasteiger partial charge < -0.3 is 19.4 Å². The Hall–Kier alpha value is -2.50. The molecular formula is C17H23N3O3. The first-order valence-electron chi connectivity index (χ1n) is 7.55. The molecule has 0 spiro atoms. The van der Waals surface area contributed by atoms with Crippen molar-refractivity contribution in [3.63, 3.8) is 0 Å². The van der Waals surface area contributed by atoms with E-state index < -0.39 is 6.09 Å². The first-order valence-corrected chi connectivity index (χ1v) is 7.55. The monoisotopic (exact) mass is 317 g/mol. The summed E-state index contributed by atoms with van der Waals surface area (Å²) in [5.74, 6) is 1.78. The molecule has 6 nitrogen and oxygen atoms in total. The Morgan fingerprint density at radius 2 is 2.00 bits per heavy atom. The van der Waals surface area contributed by atoms with E-state index in [1.807, 2.05) is 55.9 Å². The lowest BCUT2D eigenvalue weighted by molar-refractivity contribution is 0.130. The normalized spacial score (nSPS) is 12.0. The van der Waals surface area contributed by atoms with E-state index in [1.54, 1.807) is 13.3 Å². The standard InChI is InChI=1S/C17H23N3O3/c1-12(2)11-23-17(21)19-15(16-18-9-10-20(16)3)13-5-7-14(22-4)8-6-13/h5-10,12,15H,11H2,1-4H3,(H,19,21). The molecule has 0 bridgehead atoms. The third-order valence-corrected chi connectivity index (χ3v) is 3.38. The Bertz CT molecular complexity index is 635. The molecule has 0 saturated heterocycles. The zero-order chi connectivity index (χ0) is 16.8. The Balaban J connectivity index is 2.21. The van der Waals surface area contributed by atoms with Crippen LogP contribution >= 0.6 is 0 Å². The Morgan fingerprint density at radius 1 is 1.30 bits per heavy atom. The van der Waals surface area contributed by atoms with Crippen LogP contribution in [0.25, 0.3) is 0 Å². The van der Waals surface area contributed by atoms with Crippen LogP contribution < -0.4 is 10.1 Å². The van der Waals surface area contributed by atoms with E-state index in [2.05, 4.69) is 10.3 Å². The summed E-state index contributed by atoms with van der Waals surface area (Å²) in [5.41, 5.74) is 0.904. The van der Waals surface area contributed by atoms with E-state index in [-0.39, 0.29) is 12.0 Å². The molecule has 1 amide bonds. The number of amides is 1. The van der Waals surface area contributed by atoms with E-state index in [1.165, 1.54) is 0 Å². The van der Waals surface area contributed by atoms with Crippen molar-refractivity contribution in [2.75, 3.05) is 13.7 Å². The van der Waals surface area contributed by atoms with E-state index in [0.717, 1.165) is 17.1 Å². The summed E-state index contributed by atoms with van der Waals surface area (Å²) in [6.07, 6.45) is 3.09. The molecule has 0 aliphatic rings. The van der Waals surface area contributed by atoms with E-state index in [9.17, 15) is 4.79 Å². The Labute approximate surface area is 136 Å². The number of aromatic nitrogens is 2. The van der Waals surface area contributed by atoms with Gasteiger partial charge in [0.1, 0.15) is 17.6 Å². The second-order valence-corrected chi connectivity index (χ2v) is 5.74. The third kappa shape index (κ3) is 4.48. The highest BCUT2D eigenvalue weighted by molar-refractivity contribution is 5.68. The van der Waals surface area contributed by atoms with Gasteiger partial charge in [0.15, 0.2) is 0 Å². The number of rotatable bonds is 6. The van der Waals surface area contributed by atoms with Crippen molar-refractivity contribution in [1.82, 2.24) is 14.9 Å². The maximum atomic E-state index is 12.1. The van der Waals surface area contributed by atoms with Gasteiger partial charge >= 0.3 is 6.09 Å². The predicted octanol–water partition coefficient (Wildman–Crippen LogP) is 2.90. The van der Waals surface area contributed by atoms with Crippen molar-refractivity contribution in [3.05, 3.63) is 48.0 Å². The average Bonchev–Trinajstić information content (AvgIpc) is 2.96. The van der Waals surface area contributed by atoms with E-state index in [4.69, 9.17) is 9.47 Å². The molecule has 2 rings (SSSR count). The molecular weight excluding hydrogens is 294 g/mol. The van der Waals surface area contributed by atoms with Crippen molar-refractivity contribution < 1.29 is 14.3 Å². The molecule has 23 heavy (non-hydrogen) atoms. The highest BCUT2D eigenvalue weighted by Crippen LogP contribution is 2.23. The van der Waals surface area contributed by atoms with Crippen LogP contribution in [0.4, 0.5) is 4.79 Å². The van der Waals surface area contributed by atoms with Crippen LogP contribution in [0.2, 0.25) is 0 Å². The van der Waals surface area contributed by atoms with Crippen LogP contribution in [0.3, 0.4) is 0 Å². The topological polar surface area (TPSA) is 65.4 Å². The summed E-state index contributed by atoms with van der Waals surface area (Å²) in [6.45, 7) is 4.36. The lowest BCUT2D eigenvalue weighted by Crippen LogP contribution is -2.32.